The lowest BCUT2D eigenvalue weighted by molar-refractivity contribution is 0.969. The van der Waals surface area contributed by atoms with Crippen LogP contribution < -0.4 is 11.3 Å². The van der Waals surface area contributed by atoms with Crippen molar-refractivity contribution in [2.75, 3.05) is 5.73 Å². The zero-order valence-corrected chi connectivity index (χ0v) is 13.9. The number of nitrogens with zero attached hydrogens (tertiary/aromatic N) is 2. The highest BCUT2D eigenvalue weighted by atomic mass is 127. The second kappa shape index (κ2) is 5.14. The maximum absolute atomic E-state index is 12.8. The molecule has 0 radical (unpaired) electrons. The van der Waals surface area contributed by atoms with Gasteiger partial charge in [-0.25, -0.2) is 9.55 Å². The number of halogens is 1. The number of rotatable bonds is 1. The van der Waals surface area contributed by atoms with E-state index in [-0.39, 0.29) is 11.5 Å². The second-order valence-corrected chi connectivity index (χ2v) is 6.31. The Morgan fingerprint density at radius 2 is 1.90 bits per heavy atom. The molecule has 4 nitrogen and oxygen atoms in total. The minimum Gasteiger partial charge on any atom is -0.369 e. The average Bonchev–Trinajstić information content (AvgIpc) is 2.42. The molecule has 0 bridgehead atoms. The molecule has 106 valence electrons. The summed E-state index contributed by atoms with van der Waals surface area (Å²) in [6, 6.07) is 11.5. The molecule has 1 aromatic heterocycles. The molecule has 2 aromatic carbocycles. The molecule has 0 atom stereocenters. The summed E-state index contributed by atoms with van der Waals surface area (Å²) < 4.78 is 2.48. The molecule has 0 aliphatic carbocycles. The van der Waals surface area contributed by atoms with Crippen LogP contribution in [0.2, 0.25) is 0 Å². The lowest BCUT2D eigenvalue weighted by Gasteiger charge is -2.13. The number of fused-ring (bicyclic) bond motifs is 1. The first-order valence-corrected chi connectivity index (χ1v) is 7.60. The molecule has 1 heterocycles. The summed E-state index contributed by atoms with van der Waals surface area (Å²) in [5.74, 6) is 0.209. The summed E-state index contributed by atoms with van der Waals surface area (Å²) in [6.07, 6.45) is 0. The van der Waals surface area contributed by atoms with E-state index in [1.54, 1.807) is 0 Å². The maximum atomic E-state index is 12.8. The molecular weight excluding hydrogens is 377 g/mol. The highest BCUT2D eigenvalue weighted by molar-refractivity contribution is 14.1. The molecule has 0 spiro atoms. The van der Waals surface area contributed by atoms with Crippen LogP contribution in [0.5, 0.6) is 0 Å². The van der Waals surface area contributed by atoms with Crippen molar-refractivity contribution in [3.8, 4) is 5.69 Å². The predicted octanol–water partition coefficient (Wildman–Crippen LogP) is 3.19. The fourth-order valence-corrected chi connectivity index (χ4v) is 2.96. The Balaban J connectivity index is 2.40. The van der Waals surface area contributed by atoms with Gasteiger partial charge < -0.3 is 5.73 Å². The molecule has 0 unspecified atom stereocenters. The molecule has 21 heavy (non-hydrogen) atoms. The van der Waals surface area contributed by atoms with Crippen molar-refractivity contribution < 1.29 is 0 Å². The first-order chi connectivity index (χ1) is 9.97. The van der Waals surface area contributed by atoms with Crippen LogP contribution in [0.3, 0.4) is 0 Å². The van der Waals surface area contributed by atoms with Gasteiger partial charge >= 0.3 is 0 Å². The zero-order chi connectivity index (χ0) is 15.1. The Morgan fingerprint density at radius 3 is 2.62 bits per heavy atom. The Kier molecular flexibility index (Phi) is 3.44. The molecule has 0 fully saturated rings. The van der Waals surface area contributed by atoms with Crippen LogP contribution >= 0.6 is 22.6 Å². The number of aromatic nitrogens is 2. The minimum absolute atomic E-state index is 0.136. The highest BCUT2D eigenvalue weighted by Crippen LogP contribution is 2.19. The average molecular weight is 391 g/mol. The number of nitrogens with two attached hydrogens (primary N) is 1. The van der Waals surface area contributed by atoms with Crippen LogP contribution in [-0.2, 0) is 0 Å². The van der Waals surface area contributed by atoms with E-state index in [2.05, 4.69) is 27.6 Å². The number of anilines is 1. The van der Waals surface area contributed by atoms with Gasteiger partial charge in [0.25, 0.3) is 5.56 Å². The molecule has 0 saturated carbocycles. The fourth-order valence-electron chi connectivity index (χ4n) is 2.46. The molecule has 3 aromatic rings. The molecule has 0 aliphatic rings. The van der Waals surface area contributed by atoms with E-state index in [9.17, 15) is 4.79 Å². The van der Waals surface area contributed by atoms with Crippen molar-refractivity contribution in [2.45, 2.75) is 13.8 Å². The largest absolute Gasteiger partial charge is 0.369 e. The van der Waals surface area contributed by atoms with E-state index in [0.29, 0.717) is 10.9 Å². The van der Waals surface area contributed by atoms with E-state index in [1.807, 2.05) is 50.2 Å². The van der Waals surface area contributed by atoms with Gasteiger partial charge in [-0.2, -0.15) is 0 Å². The first-order valence-electron chi connectivity index (χ1n) is 6.53. The minimum atomic E-state index is -0.136. The summed E-state index contributed by atoms with van der Waals surface area (Å²) in [6.45, 7) is 3.98. The van der Waals surface area contributed by atoms with Gasteiger partial charge in [-0.05, 0) is 66.3 Å². The molecule has 3 rings (SSSR count). The van der Waals surface area contributed by atoms with Gasteiger partial charge in [0.2, 0.25) is 5.95 Å². The summed E-state index contributed by atoms with van der Waals surface area (Å²) in [5, 5.41) is 0.580. The Morgan fingerprint density at radius 1 is 1.14 bits per heavy atom. The third-order valence-electron chi connectivity index (χ3n) is 3.45. The van der Waals surface area contributed by atoms with E-state index in [1.165, 1.54) is 4.57 Å². The topological polar surface area (TPSA) is 60.9 Å². The van der Waals surface area contributed by atoms with Crippen LogP contribution in [-0.4, -0.2) is 9.55 Å². The number of nitrogen functional groups attached to an aromatic ring is 1. The van der Waals surface area contributed by atoms with E-state index < -0.39 is 0 Å². The van der Waals surface area contributed by atoms with Gasteiger partial charge in [0.15, 0.2) is 0 Å². The van der Waals surface area contributed by atoms with Crippen molar-refractivity contribution in [1.82, 2.24) is 9.55 Å². The smallest absolute Gasteiger partial charge is 0.267 e. The van der Waals surface area contributed by atoms with Crippen LogP contribution in [0.25, 0.3) is 16.6 Å². The monoisotopic (exact) mass is 391 g/mol. The third-order valence-corrected chi connectivity index (χ3v) is 4.12. The van der Waals surface area contributed by atoms with Crippen LogP contribution in [0.4, 0.5) is 5.95 Å². The lowest BCUT2D eigenvalue weighted by Crippen LogP contribution is -2.23. The highest BCUT2D eigenvalue weighted by Gasteiger charge is 2.12. The fraction of sp³-hybridized carbons (Fsp3) is 0.125. The SMILES string of the molecule is Cc1ccc(-n2c(N)nc3ccc(I)cc3c2=O)c(C)c1. The molecule has 0 aliphatic heterocycles. The third kappa shape index (κ3) is 2.42. The van der Waals surface area contributed by atoms with E-state index in [4.69, 9.17) is 5.73 Å². The number of hydrogen-bond donors (Lipinski definition) is 1. The molecular formula is C16H14IN3O. The summed E-state index contributed by atoms with van der Waals surface area (Å²) >= 11 is 2.18. The Hall–Kier alpha value is -1.89. The first kappa shape index (κ1) is 14.1. The van der Waals surface area contributed by atoms with Crippen LogP contribution in [0, 0.1) is 17.4 Å². The molecule has 0 saturated heterocycles. The summed E-state index contributed by atoms with van der Waals surface area (Å²) in [5.41, 5.74) is 9.42. The molecule has 0 amide bonds. The van der Waals surface area contributed by atoms with E-state index >= 15 is 0 Å². The van der Waals surface area contributed by atoms with Gasteiger partial charge in [-0.1, -0.05) is 17.7 Å². The van der Waals surface area contributed by atoms with Gasteiger partial charge in [0.05, 0.1) is 16.6 Å². The van der Waals surface area contributed by atoms with Gasteiger partial charge in [-0.15, -0.1) is 0 Å². The summed E-state index contributed by atoms with van der Waals surface area (Å²) in [4.78, 5) is 17.1. The lowest BCUT2D eigenvalue weighted by atomic mass is 10.1. The quantitative estimate of drug-likeness (QED) is 0.649. The van der Waals surface area contributed by atoms with Gasteiger partial charge in [-0.3, -0.25) is 4.79 Å². The number of benzene rings is 2. The summed E-state index contributed by atoms with van der Waals surface area (Å²) in [7, 11) is 0. The van der Waals surface area contributed by atoms with Crippen LogP contribution in [0.15, 0.2) is 41.2 Å². The van der Waals surface area contributed by atoms with Gasteiger partial charge in [0, 0.05) is 3.57 Å². The van der Waals surface area contributed by atoms with Crippen molar-refractivity contribution in [2.24, 2.45) is 0 Å². The number of hydrogen-bond acceptors (Lipinski definition) is 3. The predicted molar refractivity (Wildman–Crippen MR) is 93.9 cm³/mol. The van der Waals surface area contributed by atoms with Crippen molar-refractivity contribution in [3.63, 3.8) is 0 Å². The molecule has 5 heteroatoms. The Labute approximate surface area is 135 Å². The van der Waals surface area contributed by atoms with Crippen molar-refractivity contribution >= 4 is 39.4 Å². The number of aryl methyl sites for hydroxylation is 2. The van der Waals surface area contributed by atoms with Crippen LogP contribution in [0.1, 0.15) is 11.1 Å². The second-order valence-electron chi connectivity index (χ2n) is 5.06. The standard InChI is InChI=1S/C16H14IN3O/c1-9-3-6-14(10(2)7-9)20-15(21)12-8-11(17)4-5-13(12)19-16(20)18/h3-8H,1-2H3,(H2,18,19). The maximum Gasteiger partial charge on any atom is 0.267 e. The molecule has 2 N–H and O–H groups in total. The normalized spacial score (nSPS) is 11.0. The zero-order valence-electron chi connectivity index (χ0n) is 11.7. The Bertz CT molecular complexity index is 915. The van der Waals surface area contributed by atoms with Crippen molar-refractivity contribution in [1.29, 1.82) is 0 Å². The van der Waals surface area contributed by atoms with Crippen molar-refractivity contribution in [3.05, 3.63) is 61.4 Å². The van der Waals surface area contributed by atoms with Gasteiger partial charge in [0.1, 0.15) is 0 Å². The van der Waals surface area contributed by atoms with E-state index in [0.717, 1.165) is 20.4 Å².